The fourth-order valence-electron chi connectivity index (χ4n) is 2.44. The molecule has 132 valence electrons. The van der Waals surface area contributed by atoms with Crippen molar-refractivity contribution in [1.82, 2.24) is 5.32 Å². The van der Waals surface area contributed by atoms with E-state index in [0.717, 1.165) is 11.1 Å². The molecule has 0 unspecified atom stereocenters. The molecule has 1 amide bonds. The Kier molecular flexibility index (Phi) is 6.46. The number of methoxy groups -OCH3 is 3. The Balaban J connectivity index is 2.06. The number of aryl methyl sites for hydroxylation is 1. The molecule has 0 radical (unpaired) electrons. The average Bonchev–Trinajstić information content (AvgIpc) is 2.63. The van der Waals surface area contributed by atoms with E-state index in [1.54, 1.807) is 39.5 Å². The molecule has 0 aliphatic carbocycles. The molecule has 0 aromatic heterocycles. The van der Waals surface area contributed by atoms with E-state index < -0.39 is 0 Å². The summed E-state index contributed by atoms with van der Waals surface area (Å²) in [7, 11) is 4.66. The summed E-state index contributed by atoms with van der Waals surface area (Å²) in [5.74, 6) is 1.43. The Bertz CT molecular complexity index is 743. The first-order chi connectivity index (χ1) is 12.1. The van der Waals surface area contributed by atoms with Crippen LogP contribution in [0.1, 0.15) is 16.7 Å². The summed E-state index contributed by atoms with van der Waals surface area (Å²) in [4.78, 5) is 12.0. The van der Waals surface area contributed by atoms with Crippen LogP contribution in [0.2, 0.25) is 0 Å². The number of hydrogen-bond acceptors (Lipinski definition) is 4. The number of nitrogens with one attached hydrogen (secondary N) is 1. The van der Waals surface area contributed by atoms with Crippen molar-refractivity contribution in [3.8, 4) is 17.2 Å². The second-order valence-corrected chi connectivity index (χ2v) is 5.50. The van der Waals surface area contributed by atoms with Gasteiger partial charge in [-0.3, -0.25) is 4.79 Å². The highest BCUT2D eigenvalue weighted by Crippen LogP contribution is 2.38. The summed E-state index contributed by atoms with van der Waals surface area (Å²) >= 11 is 0. The van der Waals surface area contributed by atoms with E-state index in [-0.39, 0.29) is 5.91 Å². The molecule has 0 bridgehead atoms. The molecule has 2 aromatic rings. The van der Waals surface area contributed by atoms with Crippen molar-refractivity contribution in [2.24, 2.45) is 0 Å². The highest BCUT2D eigenvalue weighted by atomic mass is 16.5. The largest absolute Gasteiger partial charge is 0.493 e. The van der Waals surface area contributed by atoms with Crippen LogP contribution in [0, 0.1) is 6.92 Å². The van der Waals surface area contributed by atoms with Crippen LogP contribution in [-0.4, -0.2) is 27.2 Å². The fourth-order valence-corrected chi connectivity index (χ4v) is 2.44. The van der Waals surface area contributed by atoms with Crippen molar-refractivity contribution in [3.05, 3.63) is 59.2 Å². The van der Waals surface area contributed by atoms with Crippen molar-refractivity contribution in [3.63, 3.8) is 0 Å². The summed E-state index contributed by atoms with van der Waals surface area (Å²) < 4.78 is 15.9. The van der Waals surface area contributed by atoms with Crippen LogP contribution in [-0.2, 0) is 11.3 Å². The van der Waals surface area contributed by atoms with E-state index in [4.69, 9.17) is 14.2 Å². The Morgan fingerprint density at radius 3 is 2.28 bits per heavy atom. The standard InChI is InChI=1S/C20H23NO4/c1-14-6-5-7-16(10-14)13-21-19(22)9-8-15-11-17(23-2)20(25-4)18(12-15)24-3/h5-12H,13H2,1-4H3,(H,21,22). The summed E-state index contributed by atoms with van der Waals surface area (Å²) in [6, 6.07) is 11.6. The van der Waals surface area contributed by atoms with Crippen LogP contribution in [0.15, 0.2) is 42.5 Å². The van der Waals surface area contributed by atoms with E-state index >= 15 is 0 Å². The van der Waals surface area contributed by atoms with Crippen LogP contribution < -0.4 is 19.5 Å². The Morgan fingerprint density at radius 1 is 1.04 bits per heavy atom. The van der Waals surface area contributed by atoms with Crippen molar-refractivity contribution >= 4 is 12.0 Å². The van der Waals surface area contributed by atoms with Gasteiger partial charge in [-0.15, -0.1) is 0 Å². The molecule has 5 nitrogen and oxygen atoms in total. The summed E-state index contributed by atoms with van der Waals surface area (Å²) in [6.45, 7) is 2.51. The molecule has 1 N–H and O–H groups in total. The van der Waals surface area contributed by atoms with E-state index in [1.807, 2.05) is 31.2 Å². The first-order valence-corrected chi connectivity index (χ1v) is 7.89. The maximum atomic E-state index is 12.0. The smallest absolute Gasteiger partial charge is 0.244 e. The van der Waals surface area contributed by atoms with Crippen molar-refractivity contribution in [2.75, 3.05) is 21.3 Å². The molecule has 0 atom stereocenters. The Morgan fingerprint density at radius 2 is 1.72 bits per heavy atom. The quantitative estimate of drug-likeness (QED) is 0.785. The zero-order chi connectivity index (χ0) is 18.2. The molecule has 2 rings (SSSR count). The molecule has 0 aliphatic rings. The normalized spacial score (nSPS) is 10.6. The Hall–Kier alpha value is -2.95. The number of amides is 1. The van der Waals surface area contributed by atoms with Crippen molar-refractivity contribution in [1.29, 1.82) is 0 Å². The summed E-state index contributed by atoms with van der Waals surface area (Å²) in [5.41, 5.74) is 3.01. The van der Waals surface area contributed by atoms with Gasteiger partial charge in [0.25, 0.3) is 0 Å². The minimum absolute atomic E-state index is 0.171. The second kappa shape index (κ2) is 8.78. The van der Waals surface area contributed by atoms with Gasteiger partial charge < -0.3 is 19.5 Å². The third-order valence-corrected chi connectivity index (χ3v) is 3.66. The maximum Gasteiger partial charge on any atom is 0.244 e. The maximum absolute atomic E-state index is 12.0. The van der Waals surface area contributed by atoms with Gasteiger partial charge >= 0.3 is 0 Å². The van der Waals surface area contributed by atoms with Crippen LogP contribution in [0.4, 0.5) is 0 Å². The van der Waals surface area contributed by atoms with Crippen LogP contribution >= 0.6 is 0 Å². The van der Waals surface area contributed by atoms with Crippen LogP contribution in [0.25, 0.3) is 6.08 Å². The lowest BCUT2D eigenvalue weighted by molar-refractivity contribution is -0.116. The predicted molar refractivity (Wildman–Crippen MR) is 98.2 cm³/mol. The predicted octanol–water partition coefficient (Wildman–Crippen LogP) is 3.35. The molecule has 0 spiro atoms. The Labute approximate surface area is 148 Å². The van der Waals surface area contributed by atoms with Gasteiger partial charge in [0, 0.05) is 12.6 Å². The molecule has 0 fully saturated rings. The lowest BCUT2D eigenvalue weighted by atomic mass is 10.1. The molecule has 0 saturated heterocycles. The van der Waals surface area contributed by atoms with E-state index in [2.05, 4.69) is 5.32 Å². The van der Waals surface area contributed by atoms with Gasteiger partial charge in [0.15, 0.2) is 11.5 Å². The number of rotatable bonds is 7. The molecule has 0 heterocycles. The molecular weight excluding hydrogens is 318 g/mol. The fraction of sp³-hybridized carbons (Fsp3) is 0.250. The minimum atomic E-state index is -0.171. The zero-order valence-corrected chi connectivity index (χ0v) is 15.0. The van der Waals surface area contributed by atoms with Gasteiger partial charge in [0.2, 0.25) is 11.7 Å². The first-order valence-electron chi connectivity index (χ1n) is 7.89. The number of ether oxygens (including phenoxy) is 3. The van der Waals surface area contributed by atoms with Gasteiger partial charge in [-0.05, 0) is 36.3 Å². The van der Waals surface area contributed by atoms with Crippen LogP contribution in [0.5, 0.6) is 17.2 Å². The van der Waals surface area contributed by atoms with Gasteiger partial charge in [-0.1, -0.05) is 29.8 Å². The number of carbonyl (C=O) groups is 1. The van der Waals surface area contributed by atoms with E-state index in [0.29, 0.717) is 23.8 Å². The topological polar surface area (TPSA) is 56.8 Å². The van der Waals surface area contributed by atoms with Gasteiger partial charge in [0.05, 0.1) is 21.3 Å². The SMILES string of the molecule is COc1cc(C=CC(=O)NCc2cccc(C)c2)cc(OC)c1OC. The van der Waals surface area contributed by atoms with Gasteiger partial charge in [-0.2, -0.15) is 0 Å². The second-order valence-electron chi connectivity index (χ2n) is 5.50. The van der Waals surface area contributed by atoms with Crippen LogP contribution in [0.3, 0.4) is 0 Å². The summed E-state index contributed by atoms with van der Waals surface area (Å²) in [6.07, 6.45) is 3.19. The van der Waals surface area contributed by atoms with Gasteiger partial charge in [-0.25, -0.2) is 0 Å². The van der Waals surface area contributed by atoms with E-state index in [9.17, 15) is 4.79 Å². The lowest BCUT2D eigenvalue weighted by Gasteiger charge is -2.12. The zero-order valence-electron chi connectivity index (χ0n) is 15.0. The molecular formula is C20H23NO4. The number of benzene rings is 2. The van der Waals surface area contributed by atoms with E-state index in [1.165, 1.54) is 11.6 Å². The minimum Gasteiger partial charge on any atom is -0.493 e. The van der Waals surface area contributed by atoms with Crippen molar-refractivity contribution < 1.29 is 19.0 Å². The molecule has 0 saturated carbocycles. The van der Waals surface area contributed by atoms with Crippen molar-refractivity contribution in [2.45, 2.75) is 13.5 Å². The third-order valence-electron chi connectivity index (χ3n) is 3.66. The monoisotopic (exact) mass is 341 g/mol. The molecule has 25 heavy (non-hydrogen) atoms. The van der Waals surface area contributed by atoms with Gasteiger partial charge in [0.1, 0.15) is 0 Å². The molecule has 5 heteroatoms. The molecule has 0 aliphatic heterocycles. The first kappa shape index (κ1) is 18.4. The third kappa shape index (κ3) is 5.01. The molecule has 2 aromatic carbocycles. The highest BCUT2D eigenvalue weighted by Gasteiger charge is 2.12. The lowest BCUT2D eigenvalue weighted by Crippen LogP contribution is -2.20. The summed E-state index contributed by atoms with van der Waals surface area (Å²) in [5, 5.41) is 2.86. The number of carbonyl (C=O) groups excluding carboxylic acids is 1. The average molecular weight is 341 g/mol. The highest BCUT2D eigenvalue weighted by molar-refractivity contribution is 5.91. The number of hydrogen-bond donors (Lipinski definition) is 1.